The molecule has 1 unspecified atom stereocenters. The Morgan fingerprint density at radius 1 is 1.47 bits per heavy atom. The van der Waals surface area contributed by atoms with Crippen LogP contribution in [0.5, 0.6) is 0 Å². The Kier molecular flexibility index (Phi) is 2.84. The van der Waals surface area contributed by atoms with E-state index in [0.717, 1.165) is 28.6 Å². The molecule has 0 radical (unpaired) electrons. The van der Waals surface area contributed by atoms with Crippen molar-refractivity contribution in [1.82, 2.24) is 19.8 Å². The average Bonchev–Trinajstić information content (AvgIpc) is 2.78. The third kappa shape index (κ3) is 1.85. The van der Waals surface area contributed by atoms with Crippen molar-refractivity contribution in [2.45, 2.75) is 51.0 Å². The summed E-state index contributed by atoms with van der Waals surface area (Å²) in [5.74, 6) is 1.58. The maximum absolute atomic E-state index is 6.09. The molecule has 1 aliphatic carbocycles. The molecule has 0 bridgehead atoms. The van der Waals surface area contributed by atoms with E-state index in [0.29, 0.717) is 5.92 Å². The highest BCUT2D eigenvalue weighted by Crippen LogP contribution is 2.36. The van der Waals surface area contributed by atoms with Gasteiger partial charge in [0, 0.05) is 5.92 Å². The number of hydrogen-bond donors (Lipinski definition) is 1. The molecule has 0 spiro atoms. The summed E-state index contributed by atoms with van der Waals surface area (Å²) in [6.45, 7) is 2.14. The number of nitrogens with two attached hydrogens (primary N) is 1. The van der Waals surface area contributed by atoms with Gasteiger partial charge >= 0.3 is 0 Å². The molecule has 2 N–H and O–H groups in total. The molecule has 6 heteroatoms. The molecule has 1 aliphatic rings. The molecular formula is C11H17N5S. The second-order valence-electron chi connectivity index (χ2n) is 4.72. The second kappa shape index (κ2) is 4.34. The predicted molar refractivity (Wildman–Crippen MR) is 67.1 cm³/mol. The number of rotatable bonds is 4. The second-order valence-corrected chi connectivity index (χ2v) is 5.70. The smallest absolute Gasteiger partial charge is 0.234 e. The lowest BCUT2D eigenvalue weighted by atomic mass is 9.85. The van der Waals surface area contributed by atoms with Crippen LogP contribution >= 0.6 is 11.3 Å². The lowest BCUT2D eigenvalue weighted by Crippen LogP contribution is -2.14. The molecule has 2 aromatic rings. The molecule has 0 amide bonds. The number of fused-ring (bicyclic) bond motifs is 1. The van der Waals surface area contributed by atoms with Crippen LogP contribution in [0.25, 0.3) is 4.96 Å². The largest absolute Gasteiger partial charge is 0.322 e. The van der Waals surface area contributed by atoms with Crippen LogP contribution in [0, 0.1) is 0 Å². The van der Waals surface area contributed by atoms with Crippen LogP contribution < -0.4 is 5.73 Å². The predicted octanol–water partition coefficient (Wildman–Crippen LogP) is 2.25. The standard InChI is InChI=1S/C11H17N5S/c1-2-4-8(12)10-15-16-9(7-5-3-6-7)13-14-11(16)17-10/h7-8H,2-6,12H2,1H3. The Balaban J connectivity index is 1.93. The molecule has 0 saturated heterocycles. The van der Waals surface area contributed by atoms with Crippen LogP contribution in [-0.4, -0.2) is 19.8 Å². The first-order chi connectivity index (χ1) is 8.29. The normalized spacial score (nSPS) is 18.5. The minimum atomic E-state index is 0.0425. The van der Waals surface area contributed by atoms with Gasteiger partial charge in [0.05, 0.1) is 6.04 Å². The fourth-order valence-corrected chi connectivity index (χ4v) is 3.03. The Morgan fingerprint density at radius 3 is 2.94 bits per heavy atom. The van der Waals surface area contributed by atoms with Gasteiger partial charge in [-0.3, -0.25) is 0 Å². The molecule has 17 heavy (non-hydrogen) atoms. The minimum absolute atomic E-state index is 0.0425. The van der Waals surface area contributed by atoms with Crippen molar-refractivity contribution in [2.24, 2.45) is 5.73 Å². The number of hydrogen-bond acceptors (Lipinski definition) is 5. The summed E-state index contributed by atoms with van der Waals surface area (Å²) in [7, 11) is 0. The lowest BCUT2D eigenvalue weighted by Gasteiger charge is -2.22. The zero-order valence-corrected chi connectivity index (χ0v) is 10.8. The topological polar surface area (TPSA) is 69.1 Å². The zero-order chi connectivity index (χ0) is 11.8. The Morgan fingerprint density at radius 2 is 2.29 bits per heavy atom. The van der Waals surface area contributed by atoms with Crippen molar-refractivity contribution in [3.05, 3.63) is 10.8 Å². The maximum Gasteiger partial charge on any atom is 0.234 e. The van der Waals surface area contributed by atoms with Gasteiger partial charge in [-0.25, -0.2) is 0 Å². The van der Waals surface area contributed by atoms with E-state index >= 15 is 0 Å². The van der Waals surface area contributed by atoms with Crippen molar-refractivity contribution in [3.63, 3.8) is 0 Å². The number of nitrogens with zero attached hydrogens (tertiary/aromatic N) is 4. The van der Waals surface area contributed by atoms with Crippen molar-refractivity contribution >= 4 is 16.3 Å². The molecule has 1 fully saturated rings. The third-order valence-electron chi connectivity index (χ3n) is 3.42. The van der Waals surface area contributed by atoms with Crippen molar-refractivity contribution in [2.75, 3.05) is 0 Å². The van der Waals surface area contributed by atoms with Gasteiger partial charge in [-0.15, -0.1) is 10.2 Å². The molecule has 0 aromatic carbocycles. The van der Waals surface area contributed by atoms with Gasteiger partial charge in [0.25, 0.3) is 0 Å². The van der Waals surface area contributed by atoms with Gasteiger partial charge in [0.1, 0.15) is 5.01 Å². The molecule has 2 heterocycles. The van der Waals surface area contributed by atoms with E-state index in [1.807, 2.05) is 4.52 Å². The van der Waals surface area contributed by atoms with Gasteiger partial charge in [0.15, 0.2) is 5.82 Å². The van der Waals surface area contributed by atoms with E-state index in [-0.39, 0.29) is 6.04 Å². The van der Waals surface area contributed by atoms with E-state index in [2.05, 4.69) is 22.2 Å². The third-order valence-corrected chi connectivity index (χ3v) is 4.45. The Bertz CT molecular complexity index is 513. The van der Waals surface area contributed by atoms with Gasteiger partial charge in [-0.05, 0) is 19.3 Å². The SMILES string of the molecule is CCCC(N)c1nn2c(C3CCC3)nnc2s1. The highest BCUT2D eigenvalue weighted by molar-refractivity contribution is 7.16. The first-order valence-electron chi connectivity index (χ1n) is 6.27. The summed E-state index contributed by atoms with van der Waals surface area (Å²) in [6.07, 6.45) is 5.79. The summed E-state index contributed by atoms with van der Waals surface area (Å²) in [5, 5.41) is 14.0. The highest BCUT2D eigenvalue weighted by Gasteiger charge is 2.26. The molecule has 1 saturated carbocycles. The summed E-state index contributed by atoms with van der Waals surface area (Å²) in [5.41, 5.74) is 6.09. The van der Waals surface area contributed by atoms with E-state index < -0.39 is 0 Å². The van der Waals surface area contributed by atoms with Crippen LogP contribution in [-0.2, 0) is 0 Å². The van der Waals surface area contributed by atoms with Crippen LogP contribution in [0.4, 0.5) is 0 Å². The Hall–Kier alpha value is -1.01. The molecule has 92 valence electrons. The van der Waals surface area contributed by atoms with Gasteiger partial charge < -0.3 is 5.73 Å². The van der Waals surface area contributed by atoms with Gasteiger partial charge in [0.2, 0.25) is 4.96 Å². The van der Waals surface area contributed by atoms with Crippen molar-refractivity contribution < 1.29 is 0 Å². The monoisotopic (exact) mass is 251 g/mol. The van der Waals surface area contributed by atoms with E-state index in [9.17, 15) is 0 Å². The molecule has 2 aromatic heterocycles. The number of aromatic nitrogens is 4. The molecule has 1 atom stereocenters. The van der Waals surface area contributed by atoms with Gasteiger partial charge in [-0.1, -0.05) is 31.1 Å². The molecule has 5 nitrogen and oxygen atoms in total. The quantitative estimate of drug-likeness (QED) is 0.905. The van der Waals surface area contributed by atoms with Crippen LogP contribution in [0.3, 0.4) is 0 Å². The summed E-state index contributed by atoms with van der Waals surface area (Å²) >= 11 is 1.57. The summed E-state index contributed by atoms with van der Waals surface area (Å²) in [4.78, 5) is 0.883. The first-order valence-corrected chi connectivity index (χ1v) is 7.09. The first kappa shape index (κ1) is 11.1. The van der Waals surface area contributed by atoms with E-state index in [1.165, 1.54) is 19.3 Å². The van der Waals surface area contributed by atoms with Crippen LogP contribution in [0.1, 0.15) is 61.8 Å². The van der Waals surface area contributed by atoms with Crippen LogP contribution in [0.2, 0.25) is 0 Å². The van der Waals surface area contributed by atoms with Crippen molar-refractivity contribution in [3.8, 4) is 0 Å². The Labute approximate surface area is 104 Å². The van der Waals surface area contributed by atoms with Crippen LogP contribution in [0.15, 0.2) is 0 Å². The molecule has 0 aliphatic heterocycles. The fraction of sp³-hybridized carbons (Fsp3) is 0.727. The van der Waals surface area contributed by atoms with E-state index in [4.69, 9.17) is 5.73 Å². The zero-order valence-electron chi connectivity index (χ0n) is 9.96. The fourth-order valence-electron chi connectivity index (χ4n) is 2.15. The summed E-state index contributed by atoms with van der Waals surface area (Å²) < 4.78 is 1.90. The average molecular weight is 251 g/mol. The molecular weight excluding hydrogens is 234 g/mol. The highest BCUT2D eigenvalue weighted by atomic mass is 32.1. The van der Waals surface area contributed by atoms with Gasteiger partial charge in [-0.2, -0.15) is 9.61 Å². The maximum atomic E-state index is 6.09. The van der Waals surface area contributed by atoms with E-state index in [1.54, 1.807) is 11.3 Å². The minimum Gasteiger partial charge on any atom is -0.322 e. The van der Waals surface area contributed by atoms with Crippen molar-refractivity contribution in [1.29, 1.82) is 0 Å². The summed E-state index contributed by atoms with van der Waals surface area (Å²) in [6, 6.07) is 0.0425. The molecule has 3 rings (SSSR count). The lowest BCUT2D eigenvalue weighted by molar-refractivity contribution is 0.394.